The van der Waals surface area contributed by atoms with Crippen LogP contribution < -0.4 is 10.6 Å². The van der Waals surface area contributed by atoms with Gasteiger partial charge in [0.25, 0.3) is 0 Å². The van der Waals surface area contributed by atoms with Gasteiger partial charge >= 0.3 is 0 Å². The minimum absolute atomic E-state index is 0.134. The Bertz CT molecular complexity index is 577. The maximum atomic E-state index is 10.2. The van der Waals surface area contributed by atoms with Gasteiger partial charge in [-0.1, -0.05) is 6.07 Å². The molecule has 2 aromatic heterocycles. The molecule has 6 heteroatoms. The molecule has 104 valence electrons. The van der Waals surface area contributed by atoms with E-state index < -0.39 is 6.10 Å². The van der Waals surface area contributed by atoms with E-state index in [2.05, 4.69) is 15.0 Å². The van der Waals surface area contributed by atoms with Crippen molar-refractivity contribution in [1.29, 1.82) is 0 Å². The van der Waals surface area contributed by atoms with E-state index in [4.69, 9.17) is 5.73 Å². The van der Waals surface area contributed by atoms with E-state index in [1.165, 1.54) is 0 Å². The molecular weight excluding hydrogens is 254 g/mol. The average Bonchev–Trinajstić information content (AvgIpc) is 2.81. The summed E-state index contributed by atoms with van der Waals surface area (Å²) in [5, 5.41) is 10.2. The zero-order valence-corrected chi connectivity index (χ0v) is 11.1. The Morgan fingerprint density at radius 3 is 2.85 bits per heavy atom. The molecule has 0 aromatic carbocycles. The van der Waals surface area contributed by atoms with Gasteiger partial charge in [-0.2, -0.15) is 4.98 Å². The molecule has 2 atom stereocenters. The molecule has 1 aliphatic heterocycles. The number of nitrogen functional groups attached to an aromatic ring is 1. The quantitative estimate of drug-likeness (QED) is 0.845. The normalized spacial score (nSPS) is 22.1. The lowest BCUT2D eigenvalue weighted by atomic mass is 10.00. The zero-order chi connectivity index (χ0) is 13.9. The Kier molecular flexibility index (Phi) is 3.47. The van der Waals surface area contributed by atoms with Crippen LogP contribution in [0.25, 0.3) is 0 Å². The topological polar surface area (TPSA) is 88.2 Å². The van der Waals surface area contributed by atoms with Gasteiger partial charge in [0.05, 0.1) is 6.10 Å². The van der Waals surface area contributed by atoms with E-state index in [0.29, 0.717) is 24.9 Å². The molecule has 1 fully saturated rings. The Balaban J connectivity index is 1.71. The minimum atomic E-state index is -0.401. The summed E-state index contributed by atoms with van der Waals surface area (Å²) in [6.45, 7) is 1.24. The van der Waals surface area contributed by atoms with Crippen LogP contribution in [0.2, 0.25) is 0 Å². The largest absolute Gasteiger partial charge is 0.391 e. The van der Waals surface area contributed by atoms with E-state index >= 15 is 0 Å². The first-order chi connectivity index (χ1) is 9.72. The Hall–Kier alpha value is -2.21. The number of hydrogen-bond donors (Lipinski definition) is 2. The van der Waals surface area contributed by atoms with E-state index in [9.17, 15) is 5.11 Å². The van der Waals surface area contributed by atoms with Crippen LogP contribution >= 0.6 is 0 Å². The summed E-state index contributed by atoms with van der Waals surface area (Å²) in [5.41, 5.74) is 6.66. The van der Waals surface area contributed by atoms with Gasteiger partial charge < -0.3 is 15.7 Å². The third-order valence-corrected chi connectivity index (χ3v) is 3.55. The summed E-state index contributed by atoms with van der Waals surface area (Å²) in [4.78, 5) is 14.7. The molecule has 20 heavy (non-hydrogen) atoms. The van der Waals surface area contributed by atoms with Crippen LogP contribution in [-0.2, 0) is 6.42 Å². The van der Waals surface area contributed by atoms with Gasteiger partial charge in [0.15, 0.2) is 0 Å². The SMILES string of the molecule is Nc1ccnc(N2C[C@@H](Cc3ccccn3)[C@H](O)C2)n1. The second kappa shape index (κ2) is 5.42. The molecule has 0 unspecified atom stereocenters. The van der Waals surface area contributed by atoms with Crippen LogP contribution in [-0.4, -0.2) is 39.3 Å². The van der Waals surface area contributed by atoms with E-state index in [0.717, 1.165) is 12.1 Å². The lowest BCUT2D eigenvalue weighted by molar-refractivity contribution is 0.148. The third kappa shape index (κ3) is 2.70. The van der Waals surface area contributed by atoms with Crippen molar-refractivity contribution < 1.29 is 5.11 Å². The number of hydrogen-bond acceptors (Lipinski definition) is 6. The molecule has 0 aliphatic carbocycles. The summed E-state index contributed by atoms with van der Waals surface area (Å²) in [6.07, 6.45) is 3.76. The average molecular weight is 271 g/mol. The molecule has 6 nitrogen and oxygen atoms in total. The summed E-state index contributed by atoms with van der Waals surface area (Å²) < 4.78 is 0. The lowest BCUT2D eigenvalue weighted by Crippen LogP contribution is -2.23. The fourth-order valence-electron chi connectivity index (χ4n) is 2.52. The summed E-state index contributed by atoms with van der Waals surface area (Å²) in [5.74, 6) is 1.15. The molecule has 0 saturated carbocycles. The maximum absolute atomic E-state index is 10.2. The van der Waals surface area contributed by atoms with Crippen LogP contribution in [0.1, 0.15) is 5.69 Å². The number of anilines is 2. The van der Waals surface area contributed by atoms with Crippen molar-refractivity contribution in [2.45, 2.75) is 12.5 Å². The van der Waals surface area contributed by atoms with E-state index in [1.807, 2.05) is 23.1 Å². The Morgan fingerprint density at radius 1 is 1.20 bits per heavy atom. The van der Waals surface area contributed by atoms with Gasteiger partial charge in [-0.3, -0.25) is 4.98 Å². The van der Waals surface area contributed by atoms with Gasteiger partial charge in [0, 0.05) is 37.1 Å². The van der Waals surface area contributed by atoms with Crippen molar-refractivity contribution in [2.75, 3.05) is 23.7 Å². The molecule has 0 radical (unpaired) electrons. The molecule has 0 spiro atoms. The number of β-amino-alcohol motifs (C(OH)–C–C–N with tert-alkyl or cyclic N) is 1. The first-order valence-electron chi connectivity index (χ1n) is 6.64. The zero-order valence-electron chi connectivity index (χ0n) is 11.1. The van der Waals surface area contributed by atoms with E-state index in [-0.39, 0.29) is 5.92 Å². The number of aliphatic hydroxyl groups excluding tert-OH is 1. The van der Waals surface area contributed by atoms with Crippen molar-refractivity contribution >= 4 is 11.8 Å². The number of nitrogens with two attached hydrogens (primary N) is 1. The van der Waals surface area contributed by atoms with Gasteiger partial charge in [-0.05, 0) is 24.6 Å². The second-order valence-electron chi connectivity index (χ2n) is 5.04. The molecule has 3 heterocycles. The number of rotatable bonds is 3. The second-order valence-corrected chi connectivity index (χ2v) is 5.04. The molecular formula is C14H17N5O. The number of aliphatic hydroxyl groups is 1. The summed E-state index contributed by atoms with van der Waals surface area (Å²) >= 11 is 0. The van der Waals surface area contributed by atoms with Gasteiger partial charge in [0.2, 0.25) is 5.95 Å². The van der Waals surface area contributed by atoms with Crippen LogP contribution in [0.4, 0.5) is 11.8 Å². The third-order valence-electron chi connectivity index (χ3n) is 3.55. The highest BCUT2D eigenvalue weighted by Crippen LogP contribution is 2.24. The lowest BCUT2D eigenvalue weighted by Gasteiger charge is -2.15. The van der Waals surface area contributed by atoms with Crippen LogP contribution in [0, 0.1) is 5.92 Å². The predicted octanol–water partition coefficient (Wildman–Crippen LogP) is 0.494. The summed E-state index contributed by atoms with van der Waals surface area (Å²) in [7, 11) is 0. The molecule has 1 aliphatic rings. The Morgan fingerprint density at radius 2 is 2.10 bits per heavy atom. The fraction of sp³-hybridized carbons (Fsp3) is 0.357. The van der Waals surface area contributed by atoms with Crippen LogP contribution in [0.15, 0.2) is 36.7 Å². The standard InChI is InChI=1S/C14H17N5O/c15-13-4-6-17-14(18-13)19-8-10(12(20)9-19)7-11-3-1-2-5-16-11/h1-6,10,12,20H,7-9H2,(H2,15,17,18)/t10-,12-/m1/s1. The highest BCUT2D eigenvalue weighted by molar-refractivity contribution is 5.39. The van der Waals surface area contributed by atoms with Gasteiger partial charge in [-0.15, -0.1) is 0 Å². The van der Waals surface area contributed by atoms with Crippen LogP contribution in [0.3, 0.4) is 0 Å². The number of aromatic nitrogens is 3. The van der Waals surface area contributed by atoms with Crippen molar-refractivity contribution in [3.63, 3.8) is 0 Å². The Labute approximate surface area is 117 Å². The number of nitrogens with zero attached hydrogens (tertiary/aromatic N) is 4. The first kappa shape index (κ1) is 12.8. The van der Waals surface area contributed by atoms with Gasteiger partial charge in [-0.25, -0.2) is 4.98 Å². The van der Waals surface area contributed by atoms with Crippen molar-refractivity contribution in [3.8, 4) is 0 Å². The number of pyridine rings is 1. The molecule has 1 saturated heterocycles. The highest BCUT2D eigenvalue weighted by atomic mass is 16.3. The van der Waals surface area contributed by atoms with Crippen molar-refractivity contribution in [3.05, 3.63) is 42.4 Å². The van der Waals surface area contributed by atoms with Crippen LogP contribution in [0.5, 0.6) is 0 Å². The van der Waals surface area contributed by atoms with Crippen molar-refractivity contribution in [2.24, 2.45) is 5.92 Å². The van der Waals surface area contributed by atoms with E-state index in [1.54, 1.807) is 18.5 Å². The molecule has 0 amide bonds. The van der Waals surface area contributed by atoms with Crippen molar-refractivity contribution in [1.82, 2.24) is 15.0 Å². The molecule has 3 N–H and O–H groups in total. The fourth-order valence-corrected chi connectivity index (χ4v) is 2.52. The smallest absolute Gasteiger partial charge is 0.227 e. The molecule has 3 rings (SSSR count). The minimum Gasteiger partial charge on any atom is -0.391 e. The highest BCUT2D eigenvalue weighted by Gasteiger charge is 2.32. The predicted molar refractivity (Wildman–Crippen MR) is 76.1 cm³/mol. The van der Waals surface area contributed by atoms with Gasteiger partial charge in [0.1, 0.15) is 5.82 Å². The molecule has 2 aromatic rings. The summed E-state index contributed by atoms with van der Waals surface area (Å²) in [6, 6.07) is 7.48. The molecule has 0 bridgehead atoms. The maximum Gasteiger partial charge on any atom is 0.227 e. The first-order valence-corrected chi connectivity index (χ1v) is 6.64. The monoisotopic (exact) mass is 271 g/mol.